The zero-order valence-corrected chi connectivity index (χ0v) is 18.0. The molecule has 8 heteroatoms. The fraction of sp³-hybridized carbons (Fsp3) is 0.391. The number of fused-ring (bicyclic) bond motifs is 1. The number of carbonyl (C=O) groups excluding carboxylic acids is 2. The number of nitrogens with one attached hydrogen (secondary N) is 1. The number of aryl methyl sites for hydroxylation is 1. The zero-order chi connectivity index (χ0) is 22.1. The van der Waals surface area contributed by atoms with Crippen molar-refractivity contribution in [2.45, 2.75) is 32.2 Å². The Kier molecular flexibility index (Phi) is 6.14. The molecular formula is C23H24ClF2N3O2. The topological polar surface area (TPSA) is 52.7 Å². The molecule has 2 aromatic carbocycles. The van der Waals surface area contributed by atoms with Gasteiger partial charge in [0.2, 0.25) is 5.91 Å². The molecule has 164 valence electrons. The van der Waals surface area contributed by atoms with Crippen molar-refractivity contribution in [3.63, 3.8) is 0 Å². The fourth-order valence-electron chi connectivity index (χ4n) is 4.28. The molecule has 0 spiro atoms. The quantitative estimate of drug-likeness (QED) is 0.724. The third-order valence-electron chi connectivity index (χ3n) is 5.99. The third kappa shape index (κ3) is 4.66. The van der Waals surface area contributed by atoms with E-state index in [1.165, 1.54) is 12.1 Å². The summed E-state index contributed by atoms with van der Waals surface area (Å²) in [7, 11) is 0. The van der Waals surface area contributed by atoms with E-state index in [1.807, 2.05) is 30.0 Å². The van der Waals surface area contributed by atoms with Crippen molar-refractivity contribution < 1.29 is 18.4 Å². The summed E-state index contributed by atoms with van der Waals surface area (Å²) in [6.45, 7) is 3.47. The summed E-state index contributed by atoms with van der Waals surface area (Å²) in [5.41, 5.74) is 3.50. The highest BCUT2D eigenvalue weighted by Crippen LogP contribution is 2.28. The molecule has 31 heavy (non-hydrogen) atoms. The lowest BCUT2D eigenvalue weighted by Crippen LogP contribution is -2.54. The maximum absolute atomic E-state index is 13.8. The number of carbonyl (C=O) groups is 2. The van der Waals surface area contributed by atoms with E-state index in [2.05, 4.69) is 5.32 Å². The van der Waals surface area contributed by atoms with Crippen LogP contribution in [-0.2, 0) is 22.4 Å². The summed E-state index contributed by atoms with van der Waals surface area (Å²) >= 11 is 5.58. The van der Waals surface area contributed by atoms with Crippen LogP contribution < -0.4 is 10.2 Å². The molecule has 1 aliphatic carbocycles. The summed E-state index contributed by atoms with van der Waals surface area (Å²) in [4.78, 5) is 27.9. The van der Waals surface area contributed by atoms with Crippen molar-refractivity contribution >= 4 is 34.7 Å². The Labute approximate surface area is 185 Å². The highest BCUT2D eigenvalue weighted by atomic mass is 35.5. The first-order valence-corrected chi connectivity index (χ1v) is 10.8. The van der Waals surface area contributed by atoms with Crippen LogP contribution in [0.1, 0.15) is 24.5 Å². The summed E-state index contributed by atoms with van der Waals surface area (Å²) in [6, 6.07) is 8.22. The van der Waals surface area contributed by atoms with Crippen LogP contribution in [0.25, 0.3) is 0 Å². The summed E-state index contributed by atoms with van der Waals surface area (Å²) in [5.74, 6) is -1.35. The average Bonchev–Trinajstić information content (AvgIpc) is 2.75. The average molecular weight is 448 g/mol. The van der Waals surface area contributed by atoms with E-state index < -0.39 is 16.7 Å². The molecule has 1 fully saturated rings. The highest BCUT2D eigenvalue weighted by molar-refractivity contribution is 6.31. The third-order valence-corrected chi connectivity index (χ3v) is 6.35. The van der Waals surface area contributed by atoms with E-state index >= 15 is 0 Å². The molecule has 0 aromatic heterocycles. The summed E-state index contributed by atoms with van der Waals surface area (Å²) in [6.07, 6.45) is 1.79. The van der Waals surface area contributed by atoms with Crippen LogP contribution in [0.15, 0.2) is 30.3 Å². The van der Waals surface area contributed by atoms with Gasteiger partial charge in [0.15, 0.2) is 0 Å². The molecule has 0 radical (unpaired) electrons. The monoisotopic (exact) mass is 447 g/mol. The Hall–Kier alpha value is -2.67. The van der Waals surface area contributed by atoms with Gasteiger partial charge in [-0.15, -0.1) is 0 Å². The molecule has 5 nitrogen and oxygen atoms in total. The summed E-state index contributed by atoms with van der Waals surface area (Å²) in [5, 5.41) is 2.67. The first-order valence-electron chi connectivity index (χ1n) is 10.4. The van der Waals surface area contributed by atoms with Gasteiger partial charge in [-0.1, -0.05) is 17.7 Å². The molecule has 1 heterocycles. The van der Waals surface area contributed by atoms with Crippen molar-refractivity contribution in [3.05, 3.63) is 58.1 Å². The molecule has 0 bridgehead atoms. The molecule has 1 aliphatic heterocycles. The van der Waals surface area contributed by atoms with E-state index in [4.69, 9.17) is 11.6 Å². The second-order valence-corrected chi connectivity index (χ2v) is 8.54. The highest BCUT2D eigenvalue weighted by Gasteiger charge is 2.28. The number of hydrogen-bond acceptors (Lipinski definition) is 4. The van der Waals surface area contributed by atoms with Gasteiger partial charge in [0.05, 0.1) is 6.54 Å². The van der Waals surface area contributed by atoms with Crippen molar-refractivity contribution in [1.29, 1.82) is 0 Å². The van der Waals surface area contributed by atoms with Gasteiger partial charge in [-0.3, -0.25) is 9.59 Å². The Morgan fingerprint density at radius 2 is 1.87 bits per heavy atom. The minimum Gasteiger partial charge on any atom is -0.376 e. The smallest absolute Gasteiger partial charge is 0.242 e. The van der Waals surface area contributed by atoms with Crippen molar-refractivity contribution in [2.75, 3.05) is 36.4 Å². The lowest BCUT2D eigenvalue weighted by atomic mass is 9.90. The number of hydrogen-bond donors (Lipinski definition) is 1. The molecule has 4 rings (SSSR count). The first kappa shape index (κ1) is 21.6. The molecular weight excluding hydrogens is 424 g/mol. The van der Waals surface area contributed by atoms with Crippen LogP contribution in [0.3, 0.4) is 0 Å². The molecule has 0 saturated carbocycles. The predicted molar refractivity (Wildman–Crippen MR) is 117 cm³/mol. The first-order chi connectivity index (χ1) is 14.8. The SMILES string of the molecule is C[C@@H]1CN(C(=O)CNc2ccc3c(c2)CCC(=O)C3)CCN1c1cc(F)c(Cl)c(F)c1. The van der Waals surface area contributed by atoms with Gasteiger partial charge >= 0.3 is 0 Å². The molecule has 2 aliphatic rings. The van der Waals surface area contributed by atoms with Crippen LogP contribution in [0, 0.1) is 11.6 Å². The van der Waals surface area contributed by atoms with Crippen molar-refractivity contribution in [2.24, 2.45) is 0 Å². The molecule has 1 amide bonds. The Morgan fingerprint density at radius 1 is 1.13 bits per heavy atom. The lowest BCUT2D eigenvalue weighted by molar-refractivity contribution is -0.130. The zero-order valence-electron chi connectivity index (χ0n) is 17.3. The molecule has 1 N–H and O–H groups in total. The second-order valence-electron chi connectivity index (χ2n) is 8.16. The minimum absolute atomic E-state index is 0.0344. The molecule has 1 atom stereocenters. The van der Waals surface area contributed by atoms with Crippen LogP contribution in [0.4, 0.5) is 20.2 Å². The predicted octanol–water partition coefficient (Wildman–Crippen LogP) is 3.83. The minimum atomic E-state index is -0.791. The number of halogens is 3. The van der Waals surface area contributed by atoms with Crippen LogP contribution >= 0.6 is 11.6 Å². The van der Waals surface area contributed by atoms with E-state index in [1.54, 1.807) is 4.90 Å². The van der Waals surface area contributed by atoms with Gasteiger partial charge < -0.3 is 15.1 Å². The largest absolute Gasteiger partial charge is 0.376 e. The standard InChI is InChI=1S/C23H24ClF2N3O2/c1-14-13-28(6-7-29(14)18-10-20(25)23(24)21(26)11-18)22(31)12-27-17-4-2-16-9-19(30)5-3-15(16)8-17/h2,4,8,10-11,14,27H,3,5-7,9,12-13H2,1H3/t14-/m1/s1. The fourth-order valence-corrected chi connectivity index (χ4v) is 4.39. The van der Waals surface area contributed by atoms with E-state index in [-0.39, 0.29) is 24.3 Å². The van der Waals surface area contributed by atoms with Gasteiger partial charge in [-0.2, -0.15) is 0 Å². The van der Waals surface area contributed by atoms with Gasteiger partial charge in [-0.05, 0) is 48.7 Å². The summed E-state index contributed by atoms with van der Waals surface area (Å²) < 4.78 is 27.7. The second kappa shape index (κ2) is 8.83. The Balaban J connectivity index is 1.34. The lowest BCUT2D eigenvalue weighted by Gasteiger charge is -2.41. The van der Waals surface area contributed by atoms with Gasteiger partial charge in [-0.25, -0.2) is 8.78 Å². The van der Waals surface area contributed by atoms with Crippen molar-refractivity contribution in [3.8, 4) is 0 Å². The van der Waals surface area contributed by atoms with Crippen LogP contribution in [-0.4, -0.2) is 48.8 Å². The normalized spacial score (nSPS) is 18.7. The van der Waals surface area contributed by atoms with Crippen LogP contribution in [0.2, 0.25) is 5.02 Å². The number of ketones is 1. The van der Waals surface area contributed by atoms with Gasteiger partial charge in [0.1, 0.15) is 22.4 Å². The van der Waals surface area contributed by atoms with E-state index in [0.29, 0.717) is 38.2 Å². The van der Waals surface area contributed by atoms with Crippen LogP contribution in [0.5, 0.6) is 0 Å². The molecule has 0 unspecified atom stereocenters. The Morgan fingerprint density at radius 3 is 2.58 bits per heavy atom. The number of amides is 1. The molecule has 2 aromatic rings. The van der Waals surface area contributed by atoms with E-state index in [9.17, 15) is 18.4 Å². The van der Waals surface area contributed by atoms with Crippen molar-refractivity contribution in [1.82, 2.24) is 4.90 Å². The Bertz CT molecular complexity index is 1010. The maximum Gasteiger partial charge on any atom is 0.242 e. The van der Waals surface area contributed by atoms with Gasteiger partial charge in [0.25, 0.3) is 0 Å². The number of nitrogens with zero attached hydrogens (tertiary/aromatic N) is 2. The number of Topliss-reactive ketones (excluding diaryl/α,β-unsaturated/α-hetero) is 1. The number of benzene rings is 2. The van der Waals surface area contributed by atoms with Gasteiger partial charge in [0, 0.05) is 49.9 Å². The maximum atomic E-state index is 13.8. The number of anilines is 2. The number of rotatable bonds is 4. The number of piperazine rings is 1. The molecule has 1 saturated heterocycles. The van der Waals surface area contributed by atoms with E-state index in [0.717, 1.165) is 23.2 Å².